The topological polar surface area (TPSA) is 108 Å². The zero-order valence-corrected chi connectivity index (χ0v) is 24.2. The van der Waals surface area contributed by atoms with Gasteiger partial charge in [-0.2, -0.15) is 18.4 Å². The molecule has 1 atom stereocenters. The number of nitrogens with zero attached hydrogens (tertiary/aromatic N) is 5. The van der Waals surface area contributed by atoms with Gasteiger partial charge in [0.1, 0.15) is 6.04 Å². The van der Waals surface area contributed by atoms with E-state index in [1.807, 2.05) is 47.3 Å². The summed E-state index contributed by atoms with van der Waals surface area (Å²) in [5, 5.41) is 18.4. The molecule has 1 aliphatic heterocycles. The van der Waals surface area contributed by atoms with E-state index in [9.17, 15) is 28.0 Å². The number of allylic oxidation sites excluding steroid dienone is 1. The summed E-state index contributed by atoms with van der Waals surface area (Å²) in [6.45, 7) is 2.08. The van der Waals surface area contributed by atoms with Crippen molar-refractivity contribution < 1.29 is 27.3 Å². The highest BCUT2D eigenvalue weighted by atomic mass is 19.4. The van der Waals surface area contributed by atoms with Crippen molar-refractivity contribution in [1.29, 1.82) is 5.26 Å². The van der Waals surface area contributed by atoms with Crippen LogP contribution in [0.5, 0.6) is 0 Å². The van der Waals surface area contributed by atoms with E-state index < -0.39 is 29.4 Å². The van der Waals surface area contributed by atoms with Gasteiger partial charge in [-0.05, 0) is 59.8 Å². The second kappa shape index (κ2) is 11.4. The summed E-state index contributed by atoms with van der Waals surface area (Å²) >= 11 is 0. The summed E-state index contributed by atoms with van der Waals surface area (Å²) in [5.41, 5.74) is 0.366. The standard InChI is InChI=1S/C33H25F3N6O3/c1-20-28(30(43)45-2)29(42-31(38-39-32(42)44)41(20)26-9-5-8-25(17-26)33(34,35)36)27-11-10-21(18-37)16-23(27)13-15-40-14-12-22-6-3-4-7-24(22)19-40/h3-12,14,16-17,19,29H,13,15H2,1-2H3/p+1/t29-/m1/s1. The monoisotopic (exact) mass is 611 g/mol. The molecule has 1 aliphatic rings. The number of methoxy groups -OCH3 is 1. The fourth-order valence-corrected chi connectivity index (χ4v) is 5.80. The van der Waals surface area contributed by atoms with Crippen LogP contribution in [0.15, 0.2) is 101 Å². The lowest BCUT2D eigenvalue weighted by atomic mass is 9.89. The number of hydrogen-bond donors (Lipinski definition) is 1. The molecule has 0 radical (unpaired) electrons. The fraction of sp³-hybridized carbons (Fsp3) is 0.182. The van der Waals surface area contributed by atoms with Crippen LogP contribution in [0.2, 0.25) is 0 Å². The zero-order valence-electron chi connectivity index (χ0n) is 24.2. The number of benzene rings is 3. The minimum Gasteiger partial charge on any atom is -0.466 e. The molecule has 5 aromatic rings. The van der Waals surface area contributed by atoms with Crippen molar-refractivity contribution in [3.63, 3.8) is 0 Å². The van der Waals surface area contributed by atoms with Crippen molar-refractivity contribution in [3.05, 3.63) is 129 Å². The number of aryl methyl sites for hydroxylation is 2. The molecular weight excluding hydrogens is 585 g/mol. The highest BCUT2D eigenvalue weighted by Crippen LogP contribution is 2.43. The van der Waals surface area contributed by atoms with Crippen LogP contribution in [-0.4, -0.2) is 27.8 Å². The van der Waals surface area contributed by atoms with Gasteiger partial charge in [-0.25, -0.2) is 23.8 Å². The Kier molecular flexibility index (Phi) is 7.46. The van der Waals surface area contributed by atoms with Gasteiger partial charge in [-0.3, -0.25) is 4.90 Å². The maximum atomic E-state index is 13.6. The summed E-state index contributed by atoms with van der Waals surface area (Å²) in [6, 6.07) is 20.6. The van der Waals surface area contributed by atoms with Crippen molar-refractivity contribution in [3.8, 4) is 6.07 Å². The number of pyridine rings is 1. The van der Waals surface area contributed by atoms with Crippen LogP contribution in [0.1, 0.15) is 35.2 Å². The first-order valence-electron chi connectivity index (χ1n) is 13.9. The average Bonchev–Trinajstić information content (AvgIpc) is 3.42. The van der Waals surface area contributed by atoms with Gasteiger partial charge in [0.2, 0.25) is 5.95 Å². The lowest BCUT2D eigenvalue weighted by Gasteiger charge is -2.36. The van der Waals surface area contributed by atoms with Crippen LogP contribution in [0.4, 0.5) is 24.8 Å². The van der Waals surface area contributed by atoms with E-state index in [1.165, 1.54) is 28.7 Å². The molecule has 12 heteroatoms. The van der Waals surface area contributed by atoms with Gasteiger partial charge in [0.05, 0.1) is 29.9 Å². The van der Waals surface area contributed by atoms with Crippen LogP contribution < -0.4 is 15.2 Å². The average molecular weight is 612 g/mol. The largest absolute Gasteiger partial charge is 0.466 e. The molecule has 2 aromatic heterocycles. The molecule has 0 spiro atoms. The highest BCUT2D eigenvalue weighted by molar-refractivity contribution is 5.93. The van der Waals surface area contributed by atoms with Crippen LogP contribution in [0, 0.1) is 11.3 Å². The Morgan fingerprint density at radius 3 is 2.60 bits per heavy atom. The Bertz CT molecular complexity index is 2090. The van der Waals surface area contributed by atoms with Crippen molar-refractivity contribution in [1.82, 2.24) is 14.8 Å². The lowest BCUT2D eigenvalue weighted by molar-refractivity contribution is -0.695. The number of carbonyl (C=O) groups excluding carboxylic acids is 1. The molecular formula is C33H26F3N6O3+. The van der Waals surface area contributed by atoms with Gasteiger partial charge in [0.15, 0.2) is 18.9 Å². The van der Waals surface area contributed by atoms with Gasteiger partial charge < -0.3 is 4.74 Å². The van der Waals surface area contributed by atoms with Gasteiger partial charge >= 0.3 is 17.8 Å². The zero-order chi connectivity index (χ0) is 31.9. The quantitative estimate of drug-likeness (QED) is 0.205. The number of aromatic nitrogens is 4. The van der Waals surface area contributed by atoms with E-state index in [4.69, 9.17) is 4.74 Å². The number of rotatable bonds is 6. The second-order valence-electron chi connectivity index (χ2n) is 10.6. The van der Waals surface area contributed by atoms with Crippen molar-refractivity contribution in [2.45, 2.75) is 32.1 Å². The number of carbonyl (C=O) groups is 1. The minimum atomic E-state index is -4.62. The maximum Gasteiger partial charge on any atom is 0.416 e. The van der Waals surface area contributed by atoms with Crippen molar-refractivity contribution >= 4 is 28.4 Å². The van der Waals surface area contributed by atoms with Gasteiger partial charge in [-0.15, -0.1) is 5.10 Å². The van der Waals surface area contributed by atoms with E-state index >= 15 is 0 Å². The van der Waals surface area contributed by atoms with E-state index in [-0.39, 0.29) is 22.9 Å². The smallest absolute Gasteiger partial charge is 0.416 e. The second-order valence-corrected chi connectivity index (χ2v) is 10.6. The Labute approximate surface area is 255 Å². The predicted octanol–water partition coefficient (Wildman–Crippen LogP) is 5.33. The Morgan fingerprint density at radius 2 is 1.87 bits per heavy atom. The number of fused-ring (bicyclic) bond motifs is 2. The first-order valence-corrected chi connectivity index (χ1v) is 13.9. The number of hydrogen-bond acceptors (Lipinski definition) is 6. The number of nitrogens with one attached hydrogen (secondary N) is 1. The van der Waals surface area contributed by atoms with E-state index in [2.05, 4.69) is 16.3 Å². The third kappa shape index (κ3) is 5.33. The molecule has 0 amide bonds. The minimum absolute atomic E-state index is 0.00584. The summed E-state index contributed by atoms with van der Waals surface area (Å²) in [7, 11) is 1.19. The Balaban J connectivity index is 1.50. The number of aromatic amines is 1. The number of nitriles is 1. The van der Waals surface area contributed by atoms with Crippen molar-refractivity contribution in [2.24, 2.45) is 0 Å². The maximum absolute atomic E-state index is 13.6. The Morgan fingerprint density at radius 1 is 1.09 bits per heavy atom. The number of anilines is 2. The molecule has 0 unspecified atom stereocenters. The lowest BCUT2D eigenvalue weighted by Crippen LogP contribution is -2.38. The molecule has 0 bridgehead atoms. The Hall–Kier alpha value is -5.70. The molecule has 1 N–H and O–H groups in total. The molecule has 9 nitrogen and oxygen atoms in total. The number of ether oxygens (including phenoxy) is 1. The molecule has 6 rings (SSSR count). The van der Waals surface area contributed by atoms with E-state index in [0.29, 0.717) is 29.7 Å². The number of halogens is 3. The van der Waals surface area contributed by atoms with Crippen LogP contribution >= 0.6 is 0 Å². The summed E-state index contributed by atoms with van der Waals surface area (Å²) in [5.74, 6) is -0.777. The molecule has 0 saturated carbocycles. The predicted molar refractivity (Wildman–Crippen MR) is 158 cm³/mol. The molecule has 0 fully saturated rings. The fourth-order valence-electron chi connectivity index (χ4n) is 5.80. The van der Waals surface area contributed by atoms with Crippen molar-refractivity contribution in [2.75, 3.05) is 12.0 Å². The first-order chi connectivity index (χ1) is 21.6. The molecule has 3 aromatic carbocycles. The highest BCUT2D eigenvalue weighted by Gasteiger charge is 2.41. The van der Waals surface area contributed by atoms with Crippen LogP contribution in [0.3, 0.4) is 0 Å². The molecule has 226 valence electrons. The SMILES string of the molecule is COC(=O)C1=C(C)N(c2cccc(C(F)(F)F)c2)c2n[nH]c(=O)n2[C@@H]1c1ccc(C#N)cc1CC[n+]1ccc2ccccc2c1. The number of alkyl halides is 3. The molecule has 3 heterocycles. The van der Waals surface area contributed by atoms with Crippen LogP contribution in [-0.2, 0) is 28.7 Å². The third-order valence-electron chi connectivity index (χ3n) is 7.93. The summed E-state index contributed by atoms with van der Waals surface area (Å²) < 4.78 is 49.3. The van der Waals surface area contributed by atoms with Gasteiger partial charge in [0.25, 0.3) is 0 Å². The molecule has 45 heavy (non-hydrogen) atoms. The van der Waals surface area contributed by atoms with E-state index in [0.717, 1.165) is 22.9 Å². The molecule has 0 aliphatic carbocycles. The van der Waals surface area contributed by atoms with E-state index in [1.54, 1.807) is 25.1 Å². The normalized spacial score (nSPS) is 14.8. The third-order valence-corrected chi connectivity index (χ3v) is 7.93. The number of esters is 1. The summed E-state index contributed by atoms with van der Waals surface area (Å²) in [6.07, 6.45) is -0.231. The van der Waals surface area contributed by atoms with Gasteiger partial charge in [0, 0.05) is 29.3 Å². The van der Waals surface area contributed by atoms with Gasteiger partial charge in [-0.1, -0.05) is 30.3 Å². The molecule has 0 saturated heterocycles. The number of H-pyrrole nitrogens is 1. The van der Waals surface area contributed by atoms with Crippen LogP contribution in [0.25, 0.3) is 10.8 Å². The first kappa shape index (κ1) is 29.4. The summed E-state index contributed by atoms with van der Waals surface area (Å²) in [4.78, 5) is 28.1.